The Morgan fingerprint density at radius 3 is 2.45 bits per heavy atom. The van der Waals surface area contributed by atoms with Crippen LogP contribution in [-0.2, 0) is 12.6 Å². The molecular formula is C22H16ClF3N4O. The van der Waals surface area contributed by atoms with Crippen LogP contribution in [0.15, 0.2) is 66.9 Å². The predicted octanol–water partition coefficient (Wildman–Crippen LogP) is 5.04. The maximum atomic E-state index is 13.6. The summed E-state index contributed by atoms with van der Waals surface area (Å²) in [6.07, 6.45) is -3.03. The number of aromatic nitrogens is 3. The fourth-order valence-electron chi connectivity index (χ4n) is 3.15. The Morgan fingerprint density at radius 1 is 1.06 bits per heavy atom. The second-order valence-corrected chi connectivity index (χ2v) is 7.25. The van der Waals surface area contributed by atoms with Crippen molar-refractivity contribution in [2.75, 3.05) is 6.54 Å². The molecule has 5 nitrogen and oxygen atoms in total. The first kappa shape index (κ1) is 20.9. The number of nitrogens with zero attached hydrogens (tertiary/aromatic N) is 3. The predicted molar refractivity (Wildman–Crippen MR) is 111 cm³/mol. The number of alkyl halides is 3. The molecule has 158 valence electrons. The lowest BCUT2D eigenvalue weighted by atomic mass is 10.1. The number of hydrogen-bond acceptors (Lipinski definition) is 3. The van der Waals surface area contributed by atoms with Crippen molar-refractivity contribution < 1.29 is 18.0 Å². The van der Waals surface area contributed by atoms with Crippen molar-refractivity contribution in [3.8, 4) is 11.3 Å². The average Bonchev–Trinajstić information content (AvgIpc) is 3.18. The maximum absolute atomic E-state index is 13.6. The van der Waals surface area contributed by atoms with Gasteiger partial charge in [0.2, 0.25) is 0 Å². The number of carbonyl (C=O) groups excluding carboxylic acids is 1. The molecule has 4 rings (SSSR count). The lowest BCUT2D eigenvalue weighted by Gasteiger charge is -2.11. The highest BCUT2D eigenvalue weighted by molar-refractivity contribution is 6.30. The minimum absolute atomic E-state index is 0.0283. The molecule has 4 aromatic rings. The van der Waals surface area contributed by atoms with Gasteiger partial charge in [0.1, 0.15) is 5.56 Å². The number of carbonyl (C=O) groups is 1. The fraction of sp³-hybridized carbons (Fsp3) is 0.136. The van der Waals surface area contributed by atoms with Crippen LogP contribution in [0, 0.1) is 0 Å². The summed E-state index contributed by atoms with van der Waals surface area (Å²) in [6.45, 7) is 0.294. The summed E-state index contributed by atoms with van der Waals surface area (Å²) in [5.74, 6) is -0.546. The molecule has 2 aromatic carbocycles. The van der Waals surface area contributed by atoms with Gasteiger partial charge in [0.25, 0.3) is 5.91 Å². The largest absolute Gasteiger partial charge is 0.433 e. The Kier molecular flexibility index (Phi) is 5.65. The third kappa shape index (κ3) is 4.54. The molecule has 2 heterocycles. The summed E-state index contributed by atoms with van der Waals surface area (Å²) in [5, 5.41) is 7.10. The molecule has 0 saturated heterocycles. The van der Waals surface area contributed by atoms with Crippen LogP contribution in [0.3, 0.4) is 0 Å². The number of nitrogens with one attached hydrogen (secondary N) is 1. The van der Waals surface area contributed by atoms with Gasteiger partial charge in [-0.2, -0.15) is 18.3 Å². The molecule has 0 spiro atoms. The van der Waals surface area contributed by atoms with Gasteiger partial charge in [-0.05, 0) is 30.2 Å². The van der Waals surface area contributed by atoms with Gasteiger partial charge in [0.05, 0.1) is 11.9 Å². The van der Waals surface area contributed by atoms with E-state index in [0.717, 1.165) is 17.8 Å². The molecule has 0 aliphatic carbocycles. The van der Waals surface area contributed by atoms with Gasteiger partial charge >= 0.3 is 6.18 Å². The Labute approximate surface area is 180 Å². The first-order chi connectivity index (χ1) is 14.8. The van der Waals surface area contributed by atoms with Gasteiger partial charge in [-0.1, -0.05) is 54.1 Å². The smallest absolute Gasteiger partial charge is 0.352 e. The Balaban J connectivity index is 1.64. The van der Waals surface area contributed by atoms with E-state index >= 15 is 0 Å². The molecule has 0 saturated carbocycles. The van der Waals surface area contributed by atoms with Crippen LogP contribution in [0.25, 0.3) is 16.9 Å². The fourth-order valence-corrected chi connectivity index (χ4v) is 3.27. The summed E-state index contributed by atoms with van der Waals surface area (Å²) in [4.78, 5) is 17.0. The van der Waals surface area contributed by atoms with Crippen molar-refractivity contribution >= 4 is 23.2 Å². The van der Waals surface area contributed by atoms with Gasteiger partial charge in [-0.3, -0.25) is 4.79 Å². The van der Waals surface area contributed by atoms with E-state index in [4.69, 9.17) is 11.6 Å². The van der Waals surface area contributed by atoms with Gasteiger partial charge in [0, 0.05) is 17.1 Å². The van der Waals surface area contributed by atoms with E-state index in [9.17, 15) is 18.0 Å². The minimum Gasteiger partial charge on any atom is -0.352 e. The van der Waals surface area contributed by atoms with E-state index in [1.54, 1.807) is 42.5 Å². The second-order valence-electron chi connectivity index (χ2n) is 6.82. The molecule has 9 heteroatoms. The molecule has 0 aliphatic rings. The molecule has 1 N–H and O–H groups in total. The zero-order valence-corrected chi connectivity index (χ0v) is 16.8. The molecule has 2 aromatic heterocycles. The van der Waals surface area contributed by atoms with Gasteiger partial charge in [-0.15, -0.1) is 0 Å². The zero-order chi connectivity index (χ0) is 22.0. The van der Waals surface area contributed by atoms with E-state index in [-0.39, 0.29) is 16.9 Å². The molecule has 0 fully saturated rings. The molecule has 0 unspecified atom stereocenters. The van der Waals surface area contributed by atoms with Gasteiger partial charge < -0.3 is 5.32 Å². The summed E-state index contributed by atoms with van der Waals surface area (Å²) in [6, 6.07) is 16.6. The van der Waals surface area contributed by atoms with Crippen molar-refractivity contribution in [3.63, 3.8) is 0 Å². The normalized spacial score (nSPS) is 11.6. The van der Waals surface area contributed by atoms with E-state index in [1.807, 2.05) is 12.1 Å². The number of amides is 1. The quantitative estimate of drug-likeness (QED) is 0.469. The monoisotopic (exact) mass is 444 g/mol. The topological polar surface area (TPSA) is 59.3 Å². The number of hydrogen-bond donors (Lipinski definition) is 1. The van der Waals surface area contributed by atoms with Crippen LogP contribution in [0.1, 0.15) is 21.6 Å². The van der Waals surface area contributed by atoms with E-state index in [0.29, 0.717) is 28.1 Å². The summed E-state index contributed by atoms with van der Waals surface area (Å²) in [7, 11) is 0. The van der Waals surface area contributed by atoms with Crippen molar-refractivity contribution in [2.45, 2.75) is 12.6 Å². The average molecular weight is 445 g/mol. The van der Waals surface area contributed by atoms with Gasteiger partial charge in [-0.25, -0.2) is 9.50 Å². The Hall–Kier alpha value is -3.39. The van der Waals surface area contributed by atoms with Crippen LogP contribution in [-0.4, -0.2) is 27.0 Å². The van der Waals surface area contributed by atoms with E-state index < -0.39 is 17.8 Å². The first-order valence-electron chi connectivity index (χ1n) is 9.37. The van der Waals surface area contributed by atoms with Crippen LogP contribution in [0.5, 0.6) is 0 Å². The van der Waals surface area contributed by atoms with Crippen molar-refractivity contribution in [1.82, 2.24) is 19.9 Å². The molecule has 0 radical (unpaired) electrons. The van der Waals surface area contributed by atoms with E-state index in [2.05, 4.69) is 15.4 Å². The lowest BCUT2D eigenvalue weighted by molar-refractivity contribution is -0.142. The van der Waals surface area contributed by atoms with E-state index in [1.165, 1.54) is 0 Å². The van der Waals surface area contributed by atoms with Crippen LogP contribution >= 0.6 is 11.6 Å². The highest BCUT2D eigenvalue weighted by Crippen LogP contribution is 2.32. The number of fused-ring (bicyclic) bond motifs is 1. The number of rotatable bonds is 5. The Bertz CT molecular complexity index is 1220. The summed E-state index contributed by atoms with van der Waals surface area (Å²) < 4.78 is 41.6. The van der Waals surface area contributed by atoms with Crippen LogP contribution < -0.4 is 5.32 Å². The third-order valence-electron chi connectivity index (χ3n) is 4.69. The minimum atomic E-state index is -4.67. The number of benzene rings is 2. The second kappa shape index (κ2) is 8.39. The van der Waals surface area contributed by atoms with Crippen LogP contribution in [0.4, 0.5) is 13.2 Å². The summed E-state index contributed by atoms with van der Waals surface area (Å²) >= 11 is 5.85. The lowest BCUT2D eigenvalue weighted by Crippen LogP contribution is -2.26. The molecule has 1 amide bonds. The zero-order valence-electron chi connectivity index (χ0n) is 16.0. The maximum Gasteiger partial charge on any atom is 0.433 e. The molecule has 0 bridgehead atoms. The SMILES string of the molecule is O=C(NCCc1ccc(Cl)cc1)c1cnn2c(C(F)(F)F)cc(-c3ccccc3)nc12. The molecule has 0 atom stereocenters. The summed E-state index contributed by atoms with van der Waals surface area (Å²) in [5.41, 5.74) is 0.393. The molecular weight excluding hydrogens is 429 g/mol. The first-order valence-corrected chi connectivity index (χ1v) is 9.75. The van der Waals surface area contributed by atoms with Crippen molar-refractivity contribution in [2.24, 2.45) is 0 Å². The van der Waals surface area contributed by atoms with Gasteiger partial charge in [0.15, 0.2) is 11.3 Å². The highest BCUT2D eigenvalue weighted by Gasteiger charge is 2.36. The number of halogens is 4. The third-order valence-corrected chi connectivity index (χ3v) is 4.94. The Morgan fingerprint density at radius 2 is 1.77 bits per heavy atom. The van der Waals surface area contributed by atoms with Crippen molar-refractivity contribution in [1.29, 1.82) is 0 Å². The standard InChI is InChI=1S/C22H16ClF3N4O/c23-16-8-6-14(7-9-16)10-11-27-21(31)17-13-28-30-19(22(24,25)26)12-18(29-20(17)30)15-4-2-1-3-5-15/h1-9,12-13H,10-11H2,(H,27,31). The molecule has 31 heavy (non-hydrogen) atoms. The highest BCUT2D eigenvalue weighted by atomic mass is 35.5. The van der Waals surface area contributed by atoms with Crippen molar-refractivity contribution in [3.05, 3.63) is 88.7 Å². The molecule has 0 aliphatic heterocycles. The van der Waals surface area contributed by atoms with Crippen LogP contribution in [0.2, 0.25) is 5.02 Å².